The molecule has 0 bridgehead atoms. The first-order chi connectivity index (χ1) is 11.9. The van der Waals surface area contributed by atoms with Gasteiger partial charge < -0.3 is 15.0 Å². The van der Waals surface area contributed by atoms with Gasteiger partial charge in [0.1, 0.15) is 12.1 Å². The van der Waals surface area contributed by atoms with Crippen LogP contribution >= 0.6 is 0 Å². The molecule has 2 aliphatic rings. The molecule has 0 radical (unpaired) electrons. The number of ether oxygens (including phenoxy) is 1. The summed E-state index contributed by atoms with van der Waals surface area (Å²) in [6.45, 7) is 4.62. The minimum absolute atomic E-state index is 0.419. The zero-order valence-corrected chi connectivity index (χ0v) is 13.9. The predicted octanol–water partition coefficient (Wildman–Crippen LogP) is 2.85. The smallest absolute Gasteiger partial charge is 0.129 e. The lowest BCUT2D eigenvalue weighted by Crippen LogP contribution is -2.33. The molecule has 3 heterocycles. The van der Waals surface area contributed by atoms with Crippen LogP contribution in [-0.2, 0) is 11.2 Å². The summed E-state index contributed by atoms with van der Waals surface area (Å²) in [6.07, 6.45) is 5.14. The van der Waals surface area contributed by atoms with Gasteiger partial charge in [-0.05, 0) is 30.9 Å². The lowest BCUT2D eigenvalue weighted by atomic mass is 10.0. The number of para-hydroxylation sites is 1. The average Bonchev–Trinajstić information content (AvgIpc) is 3.17. The number of aryl methyl sites for hydroxylation is 1. The highest BCUT2D eigenvalue weighted by Crippen LogP contribution is 2.26. The van der Waals surface area contributed by atoms with Gasteiger partial charge in [0.2, 0.25) is 0 Å². The van der Waals surface area contributed by atoms with Crippen LogP contribution in [0.4, 0.5) is 11.5 Å². The molecule has 1 N–H and O–H groups in total. The summed E-state index contributed by atoms with van der Waals surface area (Å²) in [5.41, 5.74) is 3.94. The lowest BCUT2D eigenvalue weighted by Gasteiger charge is -2.31. The molecule has 0 spiro atoms. The molecule has 1 atom stereocenters. The van der Waals surface area contributed by atoms with E-state index in [-0.39, 0.29) is 0 Å². The summed E-state index contributed by atoms with van der Waals surface area (Å²) >= 11 is 0. The summed E-state index contributed by atoms with van der Waals surface area (Å²) in [4.78, 5) is 11.2. The number of anilines is 2. The summed E-state index contributed by atoms with van der Waals surface area (Å²) in [5, 5.41) is 3.45. The van der Waals surface area contributed by atoms with Gasteiger partial charge >= 0.3 is 0 Å². The fourth-order valence-electron chi connectivity index (χ4n) is 3.62. The second kappa shape index (κ2) is 7.18. The second-order valence-corrected chi connectivity index (χ2v) is 6.53. The number of aromatic nitrogens is 2. The monoisotopic (exact) mass is 324 g/mol. The van der Waals surface area contributed by atoms with Crippen molar-refractivity contribution in [2.45, 2.75) is 25.2 Å². The Hall–Kier alpha value is -2.14. The van der Waals surface area contributed by atoms with Crippen LogP contribution in [0.15, 0.2) is 36.7 Å². The SMILES string of the molecule is c1ccc2c(c1)CCCN2CCNc1cc(C2CCOC2)ncn1. The number of hydrogen-bond donors (Lipinski definition) is 1. The van der Waals surface area contributed by atoms with Crippen LogP contribution in [-0.4, -0.2) is 42.8 Å². The first kappa shape index (κ1) is 15.4. The minimum atomic E-state index is 0.419. The van der Waals surface area contributed by atoms with Crippen LogP contribution in [0.25, 0.3) is 0 Å². The standard InChI is InChI=1S/C19H24N4O/c1-2-6-18-15(4-1)5-3-9-23(18)10-8-20-19-12-17(21-14-22-19)16-7-11-24-13-16/h1-2,4,6,12,14,16H,3,5,7-11,13H2,(H,20,21,22). The highest BCUT2D eigenvalue weighted by Gasteiger charge is 2.19. The van der Waals surface area contributed by atoms with Gasteiger partial charge in [0.05, 0.1) is 12.3 Å². The number of benzene rings is 1. The zero-order chi connectivity index (χ0) is 16.2. The normalized spacial score (nSPS) is 20.0. The molecule has 2 aliphatic heterocycles. The van der Waals surface area contributed by atoms with Crippen molar-refractivity contribution in [2.75, 3.05) is 43.1 Å². The quantitative estimate of drug-likeness (QED) is 0.916. The number of rotatable bonds is 5. The summed E-state index contributed by atoms with van der Waals surface area (Å²) < 4.78 is 5.46. The lowest BCUT2D eigenvalue weighted by molar-refractivity contribution is 0.193. The first-order valence-corrected chi connectivity index (χ1v) is 8.86. The minimum Gasteiger partial charge on any atom is -0.381 e. The molecule has 1 fully saturated rings. The van der Waals surface area contributed by atoms with E-state index in [2.05, 4.69) is 50.5 Å². The fraction of sp³-hybridized carbons (Fsp3) is 0.474. The molecule has 1 aromatic carbocycles. The van der Waals surface area contributed by atoms with Crippen molar-refractivity contribution >= 4 is 11.5 Å². The Labute approximate surface area is 143 Å². The third-order valence-electron chi connectivity index (χ3n) is 4.93. The second-order valence-electron chi connectivity index (χ2n) is 6.53. The highest BCUT2D eigenvalue weighted by atomic mass is 16.5. The molecule has 2 aromatic rings. The molecule has 1 unspecified atom stereocenters. The van der Waals surface area contributed by atoms with E-state index in [4.69, 9.17) is 4.74 Å². The van der Waals surface area contributed by atoms with E-state index in [1.54, 1.807) is 6.33 Å². The number of nitrogens with one attached hydrogen (secondary N) is 1. The Kier molecular flexibility index (Phi) is 4.60. The van der Waals surface area contributed by atoms with Gasteiger partial charge in [0, 0.05) is 43.9 Å². The average molecular weight is 324 g/mol. The number of nitrogens with zero attached hydrogens (tertiary/aromatic N) is 3. The van der Waals surface area contributed by atoms with Gasteiger partial charge in [-0.3, -0.25) is 0 Å². The molecule has 5 heteroatoms. The molecule has 1 aromatic heterocycles. The van der Waals surface area contributed by atoms with Crippen LogP contribution in [0.1, 0.15) is 30.0 Å². The van der Waals surface area contributed by atoms with Crippen molar-refractivity contribution in [3.63, 3.8) is 0 Å². The van der Waals surface area contributed by atoms with E-state index in [0.29, 0.717) is 5.92 Å². The Morgan fingerprint density at radius 3 is 3.12 bits per heavy atom. The zero-order valence-electron chi connectivity index (χ0n) is 13.9. The van der Waals surface area contributed by atoms with Gasteiger partial charge in [-0.15, -0.1) is 0 Å². The third kappa shape index (κ3) is 3.36. The molecule has 0 amide bonds. The molecule has 24 heavy (non-hydrogen) atoms. The Bertz CT molecular complexity index is 685. The fourth-order valence-corrected chi connectivity index (χ4v) is 3.62. The third-order valence-corrected chi connectivity index (χ3v) is 4.93. The maximum absolute atomic E-state index is 5.46. The van der Waals surface area contributed by atoms with Gasteiger partial charge in [0.15, 0.2) is 0 Å². The van der Waals surface area contributed by atoms with Crippen molar-refractivity contribution in [1.82, 2.24) is 9.97 Å². The number of hydrogen-bond acceptors (Lipinski definition) is 5. The highest BCUT2D eigenvalue weighted by molar-refractivity contribution is 5.55. The molecular formula is C19H24N4O. The van der Waals surface area contributed by atoms with Crippen LogP contribution in [0.2, 0.25) is 0 Å². The van der Waals surface area contributed by atoms with Crippen molar-refractivity contribution in [2.24, 2.45) is 0 Å². The summed E-state index contributed by atoms with van der Waals surface area (Å²) in [5.74, 6) is 1.33. The molecule has 0 aliphatic carbocycles. The molecule has 4 rings (SSSR count). The van der Waals surface area contributed by atoms with Gasteiger partial charge in [-0.25, -0.2) is 9.97 Å². The number of fused-ring (bicyclic) bond motifs is 1. The maximum atomic E-state index is 5.46. The van der Waals surface area contributed by atoms with Crippen molar-refractivity contribution in [1.29, 1.82) is 0 Å². The van der Waals surface area contributed by atoms with Crippen molar-refractivity contribution < 1.29 is 4.74 Å². The van der Waals surface area contributed by atoms with Gasteiger partial charge in [0.25, 0.3) is 0 Å². The van der Waals surface area contributed by atoms with E-state index in [0.717, 1.165) is 50.8 Å². The molecule has 0 saturated carbocycles. The van der Waals surface area contributed by atoms with E-state index >= 15 is 0 Å². The predicted molar refractivity (Wildman–Crippen MR) is 95.7 cm³/mol. The Morgan fingerprint density at radius 2 is 2.21 bits per heavy atom. The van der Waals surface area contributed by atoms with Crippen LogP contribution in [0.3, 0.4) is 0 Å². The Morgan fingerprint density at radius 1 is 1.25 bits per heavy atom. The molecule has 1 saturated heterocycles. The largest absolute Gasteiger partial charge is 0.381 e. The van der Waals surface area contributed by atoms with Gasteiger partial charge in [-0.2, -0.15) is 0 Å². The van der Waals surface area contributed by atoms with Crippen LogP contribution < -0.4 is 10.2 Å². The molecule has 126 valence electrons. The van der Waals surface area contributed by atoms with E-state index in [1.807, 2.05) is 0 Å². The van der Waals surface area contributed by atoms with E-state index < -0.39 is 0 Å². The first-order valence-electron chi connectivity index (χ1n) is 8.86. The van der Waals surface area contributed by atoms with Gasteiger partial charge in [-0.1, -0.05) is 18.2 Å². The molecular weight excluding hydrogens is 300 g/mol. The molecule has 5 nitrogen and oxygen atoms in total. The summed E-state index contributed by atoms with van der Waals surface area (Å²) in [6, 6.07) is 10.8. The van der Waals surface area contributed by atoms with E-state index in [1.165, 1.54) is 24.1 Å². The maximum Gasteiger partial charge on any atom is 0.129 e. The van der Waals surface area contributed by atoms with Crippen molar-refractivity contribution in [3.8, 4) is 0 Å². The topological polar surface area (TPSA) is 50.3 Å². The summed E-state index contributed by atoms with van der Waals surface area (Å²) in [7, 11) is 0. The Balaban J connectivity index is 1.35. The van der Waals surface area contributed by atoms with Crippen LogP contribution in [0.5, 0.6) is 0 Å². The van der Waals surface area contributed by atoms with Crippen LogP contribution in [0, 0.1) is 0 Å². The van der Waals surface area contributed by atoms with Crippen molar-refractivity contribution in [3.05, 3.63) is 47.9 Å². The van der Waals surface area contributed by atoms with E-state index in [9.17, 15) is 0 Å².